The van der Waals surface area contributed by atoms with Gasteiger partial charge in [-0.05, 0) is 48.2 Å². The second-order valence-corrected chi connectivity index (χ2v) is 8.84. The van der Waals surface area contributed by atoms with Crippen LogP contribution in [0.1, 0.15) is 41.4 Å². The summed E-state index contributed by atoms with van der Waals surface area (Å²) in [7, 11) is 0. The number of fused-ring (bicyclic) bond motifs is 1. The first kappa shape index (κ1) is 21.4. The van der Waals surface area contributed by atoms with Crippen LogP contribution in [0, 0.1) is 17.6 Å². The van der Waals surface area contributed by atoms with Crippen LogP contribution in [0.4, 0.5) is 14.5 Å². The number of halogens is 2. The van der Waals surface area contributed by atoms with Crippen molar-refractivity contribution in [3.8, 4) is 11.5 Å². The van der Waals surface area contributed by atoms with Crippen LogP contribution in [0.2, 0.25) is 0 Å². The molecule has 5 rings (SSSR count). The second-order valence-electron chi connectivity index (χ2n) is 8.84. The lowest BCUT2D eigenvalue weighted by atomic mass is 9.75. The number of hydrogen-bond acceptors (Lipinski definition) is 4. The Labute approximate surface area is 191 Å². The van der Waals surface area contributed by atoms with Crippen molar-refractivity contribution in [2.45, 2.75) is 24.7 Å². The van der Waals surface area contributed by atoms with Gasteiger partial charge in [0.05, 0.1) is 6.61 Å². The fourth-order valence-corrected chi connectivity index (χ4v) is 5.07. The van der Waals surface area contributed by atoms with E-state index in [1.807, 2.05) is 12.1 Å². The van der Waals surface area contributed by atoms with Gasteiger partial charge in [-0.25, -0.2) is 8.78 Å². The zero-order chi connectivity index (χ0) is 22.9. The van der Waals surface area contributed by atoms with E-state index in [0.717, 1.165) is 55.1 Å². The molecule has 6 heteroatoms. The number of aromatic hydroxyl groups is 1. The molecule has 1 fully saturated rings. The standard InChI is InChI=1S/C27H25F2NO3/c28-19-3-7-22(25(29)13-19)24-16-33-26-14-21(32)6-8-23(26)27(24)18-1-4-20(5-2-18)30-11-9-17(15-31)10-12-30/h1-8,13-15,17,24,27,32H,9-12,16H2/t24-,27-/m0/s1. The number of nitrogens with zero attached hydrogens (tertiary/aromatic N) is 1. The number of carbonyl (C=O) groups is 1. The van der Waals surface area contributed by atoms with Crippen LogP contribution in [-0.4, -0.2) is 31.1 Å². The van der Waals surface area contributed by atoms with Gasteiger partial charge >= 0.3 is 0 Å². The molecular formula is C27H25F2NO3. The van der Waals surface area contributed by atoms with E-state index in [1.165, 1.54) is 12.1 Å². The molecule has 0 bridgehead atoms. The molecule has 0 spiro atoms. The third-order valence-electron chi connectivity index (χ3n) is 6.86. The third kappa shape index (κ3) is 4.17. The minimum Gasteiger partial charge on any atom is -0.508 e. The lowest BCUT2D eigenvalue weighted by Gasteiger charge is -2.35. The lowest BCUT2D eigenvalue weighted by Crippen LogP contribution is -2.34. The van der Waals surface area contributed by atoms with E-state index in [2.05, 4.69) is 17.0 Å². The van der Waals surface area contributed by atoms with Crippen LogP contribution >= 0.6 is 0 Å². The van der Waals surface area contributed by atoms with Gasteiger partial charge in [0.25, 0.3) is 0 Å². The Kier molecular flexibility index (Phi) is 5.75. The van der Waals surface area contributed by atoms with Gasteiger partial charge in [0, 0.05) is 54.2 Å². The molecule has 170 valence electrons. The van der Waals surface area contributed by atoms with Crippen molar-refractivity contribution < 1.29 is 23.4 Å². The lowest BCUT2D eigenvalue weighted by molar-refractivity contribution is -0.111. The highest BCUT2D eigenvalue weighted by Gasteiger charge is 2.35. The molecular weight excluding hydrogens is 424 g/mol. The Morgan fingerprint density at radius 3 is 2.36 bits per heavy atom. The number of phenolic OH excluding ortho intramolecular Hbond substituents is 1. The van der Waals surface area contributed by atoms with Crippen molar-refractivity contribution in [1.29, 1.82) is 0 Å². The molecule has 4 nitrogen and oxygen atoms in total. The van der Waals surface area contributed by atoms with E-state index in [4.69, 9.17) is 4.74 Å². The number of anilines is 1. The summed E-state index contributed by atoms with van der Waals surface area (Å²) in [5.41, 5.74) is 3.34. The summed E-state index contributed by atoms with van der Waals surface area (Å²) in [4.78, 5) is 13.3. The molecule has 1 N–H and O–H groups in total. The molecule has 0 unspecified atom stereocenters. The van der Waals surface area contributed by atoms with Gasteiger partial charge in [-0.2, -0.15) is 0 Å². The number of piperidine rings is 1. The molecule has 0 saturated carbocycles. The summed E-state index contributed by atoms with van der Waals surface area (Å²) in [6.07, 6.45) is 2.76. The number of hydrogen-bond donors (Lipinski definition) is 1. The van der Waals surface area contributed by atoms with Crippen molar-refractivity contribution in [3.05, 3.63) is 89.0 Å². The maximum absolute atomic E-state index is 14.8. The molecule has 3 aromatic rings. The number of ether oxygens (including phenoxy) is 1. The Balaban J connectivity index is 1.50. The zero-order valence-electron chi connectivity index (χ0n) is 18.1. The number of phenols is 1. The van der Waals surface area contributed by atoms with Crippen molar-refractivity contribution >= 4 is 12.0 Å². The van der Waals surface area contributed by atoms with Crippen LogP contribution in [0.25, 0.3) is 0 Å². The van der Waals surface area contributed by atoms with E-state index < -0.39 is 11.6 Å². The highest BCUT2D eigenvalue weighted by molar-refractivity contribution is 5.57. The smallest absolute Gasteiger partial charge is 0.129 e. The maximum atomic E-state index is 14.8. The molecule has 2 aliphatic heterocycles. The normalized spacial score (nSPS) is 20.7. The molecule has 2 atom stereocenters. The average molecular weight is 449 g/mol. The van der Waals surface area contributed by atoms with Crippen LogP contribution in [0.15, 0.2) is 60.7 Å². The maximum Gasteiger partial charge on any atom is 0.129 e. The zero-order valence-corrected chi connectivity index (χ0v) is 18.1. The first-order valence-electron chi connectivity index (χ1n) is 11.2. The van der Waals surface area contributed by atoms with Crippen LogP contribution < -0.4 is 9.64 Å². The van der Waals surface area contributed by atoms with Gasteiger partial charge in [0.2, 0.25) is 0 Å². The largest absolute Gasteiger partial charge is 0.508 e. The van der Waals surface area contributed by atoms with Gasteiger partial charge in [-0.15, -0.1) is 0 Å². The molecule has 2 aliphatic rings. The van der Waals surface area contributed by atoms with Crippen LogP contribution in [0.5, 0.6) is 11.5 Å². The summed E-state index contributed by atoms with van der Waals surface area (Å²) < 4.78 is 34.2. The number of aldehydes is 1. The van der Waals surface area contributed by atoms with Crippen LogP contribution in [0.3, 0.4) is 0 Å². The van der Waals surface area contributed by atoms with Gasteiger partial charge < -0.3 is 19.5 Å². The van der Waals surface area contributed by atoms with Gasteiger partial charge in [-0.1, -0.05) is 24.3 Å². The summed E-state index contributed by atoms with van der Waals surface area (Å²) in [5, 5.41) is 9.91. The molecule has 0 amide bonds. The molecule has 33 heavy (non-hydrogen) atoms. The van der Waals surface area contributed by atoms with Gasteiger partial charge in [0.1, 0.15) is 29.4 Å². The highest BCUT2D eigenvalue weighted by Crippen LogP contribution is 2.47. The predicted molar refractivity (Wildman–Crippen MR) is 122 cm³/mol. The molecule has 2 heterocycles. The quantitative estimate of drug-likeness (QED) is 0.543. The molecule has 0 aromatic heterocycles. The number of carbonyl (C=O) groups excluding carboxylic acids is 1. The molecule has 1 saturated heterocycles. The Bertz CT molecular complexity index is 1160. The topological polar surface area (TPSA) is 49.8 Å². The Morgan fingerprint density at radius 2 is 1.67 bits per heavy atom. The molecule has 0 radical (unpaired) electrons. The first-order chi connectivity index (χ1) is 16.0. The van der Waals surface area contributed by atoms with Crippen molar-refractivity contribution in [2.75, 3.05) is 24.6 Å². The summed E-state index contributed by atoms with van der Waals surface area (Å²) in [6.45, 7) is 1.89. The monoisotopic (exact) mass is 449 g/mol. The first-order valence-corrected chi connectivity index (χ1v) is 11.2. The predicted octanol–water partition coefficient (Wildman–Crippen LogP) is 5.39. The SMILES string of the molecule is O=CC1CCN(c2ccc([C@H]3c4ccc(O)cc4OC[C@H]3c3ccc(F)cc3F)cc2)CC1. The minimum absolute atomic E-state index is 0.105. The Morgan fingerprint density at radius 1 is 0.939 bits per heavy atom. The van der Waals surface area contributed by atoms with E-state index in [9.17, 15) is 18.7 Å². The number of benzene rings is 3. The molecule has 0 aliphatic carbocycles. The second kappa shape index (κ2) is 8.85. The fraction of sp³-hybridized carbons (Fsp3) is 0.296. The fourth-order valence-electron chi connectivity index (χ4n) is 5.07. The number of rotatable bonds is 4. The highest BCUT2D eigenvalue weighted by atomic mass is 19.1. The summed E-state index contributed by atoms with van der Waals surface area (Å²) in [6, 6.07) is 16.9. The average Bonchev–Trinajstić information content (AvgIpc) is 2.84. The summed E-state index contributed by atoms with van der Waals surface area (Å²) in [5.74, 6) is -0.960. The molecule has 3 aromatic carbocycles. The van der Waals surface area contributed by atoms with Crippen molar-refractivity contribution in [3.63, 3.8) is 0 Å². The van der Waals surface area contributed by atoms with Crippen LogP contribution in [-0.2, 0) is 4.79 Å². The van der Waals surface area contributed by atoms with E-state index in [-0.39, 0.29) is 30.1 Å². The van der Waals surface area contributed by atoms with Crippen molar-refractivity contribution in [1.82, 2.24) is 0 Å². The van der Waals surface area contributed by atoms with Gasteiger partial charge in [0.15, 0.2) is 0 Å². The third-order valence-corrected chi connectivity index (χ3v) is 6.86. The minimum atomic E-state index is -0.613. The van der Waals surface area contributed by atoms with Crippen molar-refractivity contribution in [2.24, 2.45) is 5.92 Å². The van der Waals surface area contributed by atoms with E-state index in [1.54, 1.807) is 18.2 Å². The summed E-state index contributed by atoms with van der Waals surface area (Å²) >= 11 is 0. The van der Waals surface area contributed by atoms with Gasteiger partial charge in [-0.3, -0.25) is 0 Å². The van der Waals surface area contributed by atoms with E-state index >= 15 is 0 Å². The Hall–Kier alpha value is -3.41. The van der Waals surface area contributed by atoms with E-state index in [0.29, 0.717) is 11.3 Å².